The van der Waals surface area contributed by atoms with Gasteiger partial charge in [0.05, 0.1) is 7.11 Å². The highest BCUT2D eigenvalue weighted by atomic mass is 79.9. The molecule has 1 N–H and O–H groups in total. The number of halogens is 1. The summed E-state index contributed by atoms with van der Waals surface area (Å²) >= 11 is 5.44. The number of thiophene rings is 1. The van der Waals surface area contributed by atoms with Crippen LogP contribution < -0.4 is 10.1 Å². The van der Waals surface area contributed by atoms with Crippen molar-refractivity contribution in [1.29, 1.82) is 0 Å². The standard InChI is InChI=1S/C16H20BrNOS/c1-18-11-12(10-16-14(17)7-8-20-16)9-13-5-3-4-6-15(13)19-2/h3-8,12,18H,9-11H2,1-2H3. The quantitative estimate of drug-likeness (QED) is 0.807. The molecular formula is C16H20BrNOS. The molecule has 0 amide bonds. The van der Waals surface area contributed by atoms with Gasteiger partial charge in [0.25, 0.3) is 0 Å². The molecule has 2 nitrogen and oxygen atoms in total. The van der Waals surface area contributed by atoms with E-state index in [0.29, 0.717) is 5.92 Å². The van der Waals surface area contributed by atoms with E-state index < -0.39 is 0 Å². The third kappa shape index (κ3) is 4.08. The lowest BCUT2D eigenvalue weighted by Gasteiger charge is -2.18. The molecule has 1 aromatic heterocycles. The molecule has 0 saturated carbocycles. The molecule has 1 heterocycles. The minimum absolute atomic E-state index is 0.561. The summed E-state index contributed by atoms with van der Waals surface area (Å²) in [5.74, 6) is 1.55. The number of rotatable bonds is 7. The van der Waals surface area contributed by atoms with E-state index in [1.165, 1.54) is 14.9 Å². The molecule has 0 aliphatic carbocycles. The van der Waals surface area contributed by atoms with E-state index in [2.05, 4.69) is 44.8 Å². The summed E-state index contributed by atoms with van der Waals surface area (Å²) in [5, 5.41) is 5.44. The molecule has 0 aliphatic heterocycles. The van der Waals surface area contributed by atoms with Crippen LogP contribution in [0.2, 0.25) is 0 Å². The maximum absolute atomic E-state index is 5.46. The Hall–Kier alpha value is -0.840. The lowest BCUT2D eigenvalue weighted by Crippen LogP contribution is -2.22. The van der Waals surface area contributed by atoms with Gasteiger partial charge in [-0.2, -0.15) is 0 Å². The Morgan fingerprint density at radius 2 is 2.05 bits per heavy atom. The van der Waals surface area contributed by atoms with Crippen molar-refractivity contribution in [3.63, 3.8) is 0 Å². The summed E-state index contributed by atoms with van der Waals surface area (Å²) in [6.45, 7) is 1.00. The molecule has 4 heteroatoms. The van der Waals surface area contributed by atoms with Crippen LogP contribution in [-0.4, -0.2) is 20.7 Å². The zero-order valence-electron chi connectivity index (χ0n) is 11.9. The number of para-hydroxylation sites is 1. The molecular weight excluding hydrogens is 334 g/mol. The van der Waals surface area contributed by atoms with Gasteiger partial charge >= 0.3 is 0 Å². The van der Waals surface area contributed by atoms with E-state index >= 15 is 0 Å². The van der Waals surface area contributed by atoms with E-state index in [4.69, 9.17) is 4.74 Å². The van der Waals surface area contributed by atoms with E-state index in [-0.39, 0.29) is 0 Å². The summed E-state index contributed by atoms with van der Waals surface area (Å²) in [4.78, 5) is 1.42. The van der Waals surface area contributed by atoms with Crippen molar-refractivity contribution in [2.24, 2.45) is 5.92 Å². The zero-order valence-corrected chi connectivity index (χ0v) is 14.3. The second-order valence-electron chi connectivity index (χ2n) is 4.84. The summed E-state index contributed by atoms with van der Waals surface area (Å²) in [6, 6.07) is 10.4. The van der Waals surface area contributed by atoms with Crippen LogP contribution in [0.15, 0.2) is 40.2 Å². The minimum Gasteiger partial charge on any atom is -0.496 e. The first-order chi connectivity index (χ1) is 9.74. The first-order valence-electron chi connectivity index (χ1n) is 6.73. The van der Waals surface area contributed by atoms with Gasteiger partial charge in [0.1, 0.15) is 5.75 Å². The minimum atomic E-state index is 0.561. The van der Waals surface area contributed by atoms with Crippen LogP contribution in [0.3, 0.4) is 0 Å². The zero-order chi connectivity index (χ0) is 14.4. The van der Waals surface area contributed by atoms with E-state index in [1.54, 1.807) is 7.11 Å². The second-order valence-corrected chi connectivity index (χ2v) is 6.69. The molecule has 108 valence electrons. The number of nitrogens with one attached hydrogen (secondary N) is 1. The number of hydrogen-bond acceptors (Lipinski definition) is 3. The van der Waals surface area contributed by atoms with Gasteiger partial charge in [-0.25, -0.2) is 0 Å². The molecule has 0 radical (unpaired) electrons. The van der Waals surface area contributed by atoms with Gasteiger partial charge in [-0.05, 0) is 71.4 Å². The van der Waals surface area contributed by atoms with Crippen LogP contribution in [0, 0.1) is 5.92 Å². The normalized spacial score (nSPS) is 12.3. The molecule has 0 fully saturated rings. The molecule has 20 heavy (non-hydrogen) atoms. The van der Waals surface area contributed by atoms with Crippen molar-refractivity contribution in [3.05, 3.63) is 50.6 Å². The number of methoxy groups -OCH3 is 1. The SMILES string of the molecule is CNCC(Cc1ccccc1OC)Cc1sccc1Br. The monoisotopic (exact) mass is 353 g/mol. The van der Waals surface area contributed by atoms with Crippen molar-refractivity contribution >= 4 is 27.3 Å². The Morgan fingerprint density at radius 3 is 2.70 bits per heavy atom. The smallest absolute Gasteiger partial charge is 0.122 e. The fourth-order valence-corrected chi connectivity index (χ4v) is 4.05. The molecule has 2 aromatic rings. The molecule has 1 atom stereocenters. The highest BCUT2D eigenvalue weighted by molar-refractivity contribution is 9.10. The highest BCUT2D eigenvalue weighted by Gasteiger charge is 2.15. The molecule has 2 rings (SSSR count). The summed E-state index contributed by atoms with van der Waals surface area (Å²) < 4.78 is 6.68. The average Bonchev–Trinajstić information content (AvgIpc) is 2.85. The van der Waals surface area contributed by atoms with Crippen molar-refractivity contribution in [2.75, 3.05) is 20.7 Å². The fourth-order valence-electron chi connectivity index (χ4n) is 2.42. The first-order valence-corrected chi connectivity index (χ1v) is 8.40. The van der Waals surface area contributed by atoms with Gasteiger partial charge in [-0.3, -0.25) is 0 Å². The van der Waals surface area contributed by atoms with E-state index in [0.717, 1.165) is 25.1 Å². The maximum Gasteiger partial charge on any atom is 0.122 e. The average molecular weight is 354 g/mol. The third-order valence-corrected chi connectivity index (χ3v) is 5.31. The Bertz CT molecular complexity index is 541. The third-order valence-electron chi connectivity index (χ3n) is 3.36. The molecule has 0 spiro atoms. The Labute approximate surface area is 133 Å². The summed E-state index contributed by atoms with van der Waals surface area (Å²) in [7, 11) is 3.75. The largest absolute Gasteiger partial charge is 0.496 e. The van der Waals surface area contributed by atoms with Crippen LogP contribution in [0.25, 0.3) is 0 Å². The topological polar surface area (TPSA) is 21.3 Å². The van der Waals surface area contributed by atoms with E-state index in [9.17, 15) is 0 Å². The van der Waals surface area contributed by atoms with Gasteiger partial charge < -0.3 is 10.1 Å². The van der Waals surface area contributed by atoms with Gasteiger partial charge in [0, 0.05) is 9.35 Å². The number of benzene rings is 1. The van der Waals surface area contributed by atoms with E-state index in [1.807, 2.05) is 30.5 Å². The van der Waals surface area contributed by atoms with Gasteiger partial charge in [0.2, 0.25) is 0 Å². The summed E-state index contributed by atoms with van der Waals surface area (Å²) in [6.07, 6.45) is 2.10. The predicted molar refractivity (Wildman–Crippen MR) is 89.8 cm³/mol. The van der Waals surface area contributed by atoms with Gasteiger partial charge in [-0.15, -0.1) is 11.3 Å². The maximum atomic E-state index is 5.46. The molecule has 1 aromatic carbocycles. The van der Waals surface area contributed by atoms with Gasteiger partial charge in [0.15, 0.2) is 0 Å². The number of hydrogen-bond donors (Lipinski definition) is 1. The van der Waals surface area contributed by atoms with Gasteiger partial charge in [-0.1, -0.05) is 18.2 Å². The Kier molecular flexibility index (Phi) is 6.07. The molecule has 0 saturated heterocycles. The molecule has 0 aliphatic rings. The Morgan fingerprint density at radius 1 is 1.25 bits per heavy atom. The Balaban J connectivity index is 2.11. The highest BCUT2D eigenvalue weighted by Crippen LogP contribution is 2.28. The van der Waals surface area contributed by atoms with Crippen LogP contribution in [-0.2, 0) is 12.8 Å². The van der Waals surface area contributed by atoms with Crippen LogP contribution in [0.1, 0.15) is 10.4 Å². The lowest BCUT2D eigenvalue weighted by atomic mass is 9.95. The van der Waals surface area contributed by atoms with Crippen molar-refractivity contribution < 1.29 is 4.74 Å². The lowest BCUT2D eigenvalue weighted by molar-refractivity contribution is 0.402. The molecule has 0 bridgehead atoms. The van der Waals surface area contributed by atoms with Crippen molar-refractivity contribution in [3.8, 4) is 5.75 Å². The first kappa shape index (κ1) is 15.5. The predicted octanol–water partition coefficient (Wildman–Crippen LogP) is 4.14. The van der Waals surface area contributed by atoms with Crippen LogP contribution >= 0.6 is 27.3 Å². The second kappa shape index (κ2) is 7.81. The summed E-state index contributed by atoms with van der Waals surface area (Å²) in [5.41, 5.74) is 1.28. The van der Waals surface area contributed by atoms with Crippen LogP contribution in [0.4, 0.5) is 0 Å². The van der Waals surface area contributed by atoms with Crippen molar-refractivity contribution in [2.45, 2.75) is 12.8 Å². The van der Waals surface area contributed by atoms with Crippen LogP contribution in [0.5, 0.6) is 5.75 Å². The number of ether oxygens (including phenoxy) is 1. The molecule has 1 unspecified atom stereocenters. The fraction of sp³-hybridized carbons (Fsp3) is 0.375. The van der Waals surface area contributed by atoms with Crippen molar-refractivity contribution in [1.82, 2.24) is 5.32 Å².